The van der Waals surface area contributed by atoms with Gasteiger partial charge in [0, 0.05) is 12.1 Å². The van der Waals surface area contributed by atoms with Gasteiger partial charge in [0.25, 0.3) is 0 Å². The van der Waals surface area contributed by atoms with Crippen molar-refractivity contribution in [3.05, 3.63) is 0 Å². The minimum atomic E-state index is -3.07. The summed E-state index contributed by atoms with van der Waals surface area (Å²) in [6.45, 7) is 4.33. The van der Waals surface area contributed by atoms with E-state index in [0.717, 1.165) is 0 Å². The second-order valence-electron chi connectivity index (χ2n) is 4.28. The molecule has 1 saturated heterocycles. The summed E-state index contributed by atoms with van der Waals surface area (Å²) in [6.07, 6.45) is 0.610. The van der Waals surface area contributed by atoms with Crippen LogP contribution in [0.3, 0.4) is 0 Å². The first-order chi connectivity index (χ1) is 5.81. The molecule has 1 aliphatic heterocycles. The van der Waals surface area contributed by atoms with Crippen LogP contribution in [0.25, 0.3) is 0 Å². The van der Waals surface area contributed by atoms with Gasteiger partial charge in [-0.3, -0.25) is 0 Å². The van der Waals surface area contributed by atoms with E-state index in [0.29, 0.717) is 19.6 Å². The SMILES string of the molecule is CC(C)(N)CS(=O)(=O)C1CCOC1. The Bertz CT molecular complexity index is 260. The monoisotopic (exact) mass is 207 g/mol. The third-order valence-electron chi connectivity index (χ3n) is 1.97. The Hall–Kier alpha value is -0.130. The van der Waals surface area contributed by atoms with Crippen molar-refractivity contribution in [1.29, 1.82) is 0 Å². The number of nitrogens with two attached hydrogens (primary N) is 1. The lowest BCUT2D eigenvalue weighted by Crippen LogP contribution is -2.43. The van der Waals surface area contributed by atoms with Gasteiger partial charge >= 0.3 is 0 Å². The lowest BCUT2D eigenvalue weighted by molar-refractivity contribution is 0.198. The molecular weight excluding hydrogens is 190 g/mol. The predicted molar refractivity (Wildman–Crippen MR) is 51.3 cm³/mol. The van der Waals surface area contributed by atoms with Crippen LogP contribution in [0.5, 0.6) is 0 Å². The molecule has 1 atom stereocenters. The van der Waals surface area contributed by atoms with Crippen LogP contribution in [0, 0.1) is 0 Å². The first-order valence-electron chi connectivity index (χ1n) is 4.39. The van der Waals surface area contributed by atoms with Crippen LogP contribution in [0.4, 0.5) is 0 Å². The highest BCUT2D eigenvalue weighted by atomic mass is 32.2. The third kappa shape index (κ3) is 3.25. The molecule has 1 rings (SSSR count). The van der Waals surface area contributed by atoms with Crippen molar-refractivity contribution in [2.75, 3.05) is 19.0 Å². The van der Waals surface area contributed by atoms with Gasteiger partial charge in [-0.1, -0.05) is 0 Å². The predicted octanol–water partition coefficient (Wildman–Crippen LogP) is -0.0726. The fourth-order valence-electron chi connectivity index (χ4n) is 1.43. The fraction of sp³-hybridized carbons (Fsp3) is 1.00. The topological polar surface area (TPSA) is 69.4 Å². The lowest BCUT2D eigenvalue weighted by Gasteiger charge is -2.20. The van der Waals surface area contributed by atoms with Gasteiger partial charge in [0.1, 0.15) is 0 Å². The molecular formula is C8H17NO3S. The molecule has 1 heterocycles. The van der Waals surface area contributed by atoms with Gasteiger partial charge in [-0.05, 0) is 20.3 Å². The van der Waals surface area contributed by atoms with E-state index in [1.807, 2.05) is 0 Å². The number of rotatable bonds is 3. The van der Waals surface area contributed by atoms with Crippen molar-refractivity contribution in [3.63, 3.8) is 0 Å². The van der Waals surface area contributed by atoms with Crippen molar-refractivity contribution in [3.8, 4) is 0 Å². The molecule has 0 spiro atoms. The molecule has 0 bridgehead atoms. The summed E-state index contributed by atoms with van der Waals surface area (Å²) in [7, 11) is -3.07. The molecule has 4 nitrogen and oxygen atoms in total. The summed E-state index contributed by atoms with van der Waals surface area (Å²) in [5.41, 5.74) is 5.02. The summed E-state index contributed by atoms with van der Waals surface area (Å²) in [4.78, 5) is 0. The molecule has 0 amide bonds. The molecule has 0 saturated carbocycles. The first kappa shape index (κ1) is 10.9. The zero-order valence-electron chi connectivity index (χ0n) is 8.12. The van der Waals surface area contributed by atoms with Crippen LogP contribution in [0.15, 0.2) is 0 Å². The van der Waals surface area contributed by atoms with Crippen molar-refractivity contribution in [2.24, 2.45) is 5.73 Å². The molecule has 0 aliphatic carbocycles. The Kier molecular flexibility index (Phi) is 2.99. The Morgan fingerprint density at radius 3 is 2.54 bits per heavy atom. The Balaban J connectivity index is 2.66. The highest BCUT2D eigenvalue weighted by Crippen LogP contribution is 2.17. The highest BCUT2D eigenvalue weighted by molar-refractivity contribution is 7.92. The van der Waals surface area contributed by atoms with Gasteiger partial charge in [0.2, 0.25) is 0 Å². The second kappa shape index (κ2) is 3.55. The fourth-order valence-corrected chi connectivity index (χ4v) is 3.46. The Morgan fingerprint density at radius 2 is 2.15 bits per heavy atom. The third-order valence-corrected chi connectivity index (χ3v) is 4.50. The van der Waals surface area contributed by atoms with Gasteiger partial charge in [-0.15, -0.1) is 0 Å². The minimum Gasteiger partial charge on any atom is -0.380 e. The second-order valence-corrected chi connectivity index (χ2v) is 6.56. The van der Waals surface area contributed by atoms with E-state index in [2.05, 4.69) is 0 Å². The van der Waals surface area contributed by atoms with Gasteiger partial charge in [-0.25, -0.2) is 8.42 Å². The van der Waals surface area contributed by atoms with Crippen LogP contribution in [-0.4, -0.2) is 38.2 Å². The molecule has 0 aromatic heterocycles. The van der Waals surface area contributed by atoms with Crippen LogP contribution in [0.1, 0.15) is 20.3 Å². The molecule has 5 heteroatoms. The highest BCUT2D eigenvalue weighted by Gasteiger charge is 2.33. The number of sulfone groups is 1. The molecule has 1 aliphatic rings. The van der Waals surface area contributed by atoms with Crippen LogP contribution >= 0.6 is 0 Å². The number of hydrogen-bond donors (Lipinski definition) is 1. The van der Waals surface area contributed by atoms with E-state index in [1.54, 1.807) is 13.8 Å². The summed E-state index contributed by atoms with van der Waals surface area (Å²) < 4.78 is 28.4. The van der Waals surface area contributed by atoms with Gasteiger partial charge in [0.05, 0.1) is 17.6 Å². The van der Waals surface area contributed by atoms with Crippen LogP contribution < -0.4 is 5.73 Å². The van der Waals surface area contributed by atoms with E-state index in [1.165, 1.54) is 0 Å². The largest absolute Gasteiger partial charge is 0.380 e. The standard InChI is InChI=1S/C8H17NO3S/c1-8(2,9)6-13(10,11)7-3-4-12-5-7/h7H,3-6,9H2,1-2H3. The van der Waals surface area contributed by atoms with Crippen LogP contribution in [-0.2, 0) is 14.6 Å². The maximum Gasteiger partial charge on any atom is 0.157 e. The number of hydrogen-bond acceptors (Lipinski definition) is 4. The first-order valence-corrected chi connectivity index (χ1v) is 6.11. The minimum absolute atomic E-state index is 0.0357. The van der Waals surface area contributed by atoms with E-state index >= 15 is 0 Å². The molecule has 78 valence electrons. The van der Waals surface area contributed by atoms with E-state index < -0.39 is 15.4 Å². The Labute approximate surface area is 79.4 Å². The van der Waals surface area contributed by atoms with Crippen molar-refractivity contribution in [1.82, 2.24) is 0 Å². The molecule has 0 radical (unpaired) electrons. The van der Waals surface area contributed by atoms with Crippen LogP contribution in [0.2, 0.25) is 0 Å². The van der Waals surface area contributed by atoms with Crippen molar-refractivity contribution < 1.29 is 13.2 Å². The summed E-state index contributed by atoms with van der Waals surface area (Å²) in [5.74, 6) is 0.0357. The van der Waals surface area contributed by atoms with Gasteiger partial charge in [-0.2, -0.15) is 0 Å². The maximum absolute atomic E-state index is 11.7. The zero-order chi connectivity index (χ0) is 10.1. The molecule has 2 N–H and O–H groups in total. The summed E-state index contributed by atoms with van der Waals surface area (Å²) in [6, 6.07) is 0. The van der Waals surface area contributed by atoms with Gasteiger partial charge in [0.15, 0.2) is 9.84 Å². The normalized spacial score (nSPS) is 25.0. The quantitative estimate of drug-likeness (QED) is 0.703. The van der Waals surface area contributed by atoms with E-state index in [4.69, 9.17) is 10.5 Å². The van der Waals surface area contributed by atoms with E-state index in [-0.39, 0.29) is 11.0 Å². The van der Waals surface area contributed by atoms with E-state index in [9.17, 15) is 8.42 Å². The zero-order valence-corrected chi connectivity index (χ0v) is 8.93. The Morgan fingerprint density at radius 1 is 1.54 bits per heavy atom. The lowest BCUT2D eigenvalue weighted by atomic mass is 10.1. The average molecular weight is 207 g/mol. The maximum atomic E-state index is 11.7. The van der Waals surface area contributed by atoms with Gasteiger partial charge < -0.3 is 10.5 Å². The van der Waals surface area contributed by atoms with Crippen molar-refractivity contribution in [2.45, 2.75) is 31.1 Å². The molecule has 1 fully saturated rings. The molecule has 0 aromatic rings. The molecule has 0 aromatic carbocycles. The molecule has 13 heavy (non-hydrogen) atoms. The summed E-state index contributed by atoms with van der Waals surface area (Å²) >= 11 is 0. The smallest absolute Gasteiger partial charge is 0.157 e. The molecule has 1 unspecified atom stereocenters. The number of ether oxygens (including phenoxy) is 1. The summed E-state index contributed by atoms with van der Waals surface area (Å²) in [5, 5.41) is -0.338. The average Bonchev–Trinajstić information content (AvgIpc) is 2.29. The van der Waals surface area contributed by atoms with Crippen molar-refractivity contribution >= 4 is 9.84 Å².